The zero-order chi connectivity index (χ0) is 16.9. The van der Waals surface area contributed by atoms with Crippen LogP contribution in [-0.4, -0.2) is 75.9 Å². The smallest absolute Gasteiger partial charge is 0.147 e. The van der Waals surface area contributed by atoms with Crippen LogP contribution in [0.4, 0.5) is 0 Å². The Morgan fingerprint density at radius 2 is 2.21 bits per heavy atom. The van der Waals surface area contributed by atoms with Gasteiger partial charge in [0, 0.05) is 19.2 Å². The highest BCUT2D eigenvalue weighted by Gasteiger charge is 2.27. The normalized spacial score (nSPS) is 26.3. The van der Waals surface area contributed by atoms with Gasteiger partial charge in [-0.25, -0.2) is 9.67 Å². The first-order valence-corrected chi connectivity index (χ1v) is 9.11. The lowest BCUT2D eigenvalue weighted by Gasteiger charge is -2.27. The van der Waals surface area contributed by atoms with Gasteiger partial charge in [-0.15, -0.1) is 0 Å². The van der Waals surface area contributed by atoms with Crippen molar-refractivity contribution in [2.24, 2.45) is 0 Å². The van der Waals surface area contributed by atoms with Crippen LogP contribution in [-0.2, 0) is 16.0 Å². The van der Waals surface area contributed by atoms with E-state index < -0.39 is 6.10 Å². The summed E-state index contributed by atoms with van der Waals surface area (Å²) in [7, 11) is 0. The topological polar surface area (TPSA) is 72.6 Å². The van der Waals surface area contributed by atoms with Crippen LogP contribution in [0, 0.1) is 13.8 Å². The van der Waals surface area contributed by atoms with Gasteiger partial charge in [0.2, 0.25) is 0 Å². The maximum Gasteiger partial charge on any atom is 0.147 e. The third-order valence-corrected chi connectivity index (χ3v) is 4.93. The second-order valence-corrected chi connectivity index (χ2v) is 7.01. The lowest BCUT2D eigenvalue weighted by molar-refractivity contribution is -0.0266. The second-order valence-electron chi connectivity index (χ2n) is 7.01. The molecule has 0 unspecified atom stereocenters. The van der Waals surface area contributed by atoms with Crippen LogP contribution in [0.2, 0.25) is 0 Å². The molecule has 7 nitrogen and oxygen atoms in total. The van der Waals surface area contributed by atoms with E-state index in [0.717, 1.165) is 50.6 Å². The molecule has 0 aliphatic carbocycles. The van der Waals surface area contributed by atoms with Crippen molar-refractivity contribution >= 4 is 0 Å². The first-order chi connectivity index (χ1) is 11.6. The average Bonchev–Trinajstić information content (AvgIpc) is 3.24. The van der Waals surface area contributed by atoms with E-state index in [1.54, 1.807) is 0 Å². The third kappa shape index (κ3) is 4.75. The van der Waals surface area contributed by atoms with Crippen molar-refractivity contribution in [3.8, 4) is 0 Å². The molecule has 2 aliphatic rings. The van der Waals surface area contributed by atoms with Gasteiger partial charge in [-0.3, -0.25) is 4.90 Å². The maximum atomic E-state index is 10.3. The molecule has 0 bridgehead atoms. The van der Waals surface area contributed by atoms with Crippen molar-refractivity contribution in [2.45, 2.75) is 64.3 Å². The number of aromatic nitrogens is 3. The van der Waals surface area contributed by atoms with Gasteiger partial charge < -0.3 is 14.6 Å². The first kappa shape index (κ1) is 17.8. The summed E-state index contributed by atoms with van der Waals surface area (Å²) < 4.78 is 13.2. The van der Waals surface area contributed by atoms with Crippen LogP contribution in [0.5, 0.6) is 0 Å². The van der Waals surface area contributed by atoms with Crippen LogP contribution >= 0.6 is 0 Å². The number of hydrogen-bond acceptors (Lipinski definition) is 6. The summed E-state index contributed by atoms with van der Waals surface area (Å²) in [6.45, 7) is 8.26. The molecule has 0 spiro atoms. The van der Waals surface area contributed by atoms with Gasteiger partial charge >= 0.3 is 0 Å². The van der Waals surface area contributed by atoms with Crippen molar-refractivity contribution in [3.05, 3.63) is 11.6 Å². The van der Waals surface area contributed by atoms with Gasteiger partial charge in [-0.2, -0.15) is 5.10 Å². The highest BCUT2D eigenvalue weighted by Crippen LogP contribution is 2.19. The van der Waals surface area contributed by atoms with Gasteiger partial charge in [-0.05, 0) is 46.1 Å². The number of aryl methyl sites for hydroxylation is 2. The summed E-state index contributed by atoms with van der Waals surface area (Å²) in [5.74, 6) is 1.78. The molecule has 1 aromatic heterocycles. The minimum absolute atomic E-state index is 0.218. The molecule has 0 aromatic carbocycles. The van der Waals surface area contributed by atoms with Crippen LogP contribution < -0.4 is 0 Å². The van der Waals surface area contributed by atoms with E-state index in [9.17, 15) is 5.11 Å². The van der Waals surface area contributed by atoms with Crippen LogP contribution in [0.3, 0.4) is 0 Å². The molecule has 3 heterocycles. The summed E-state index contributed by atoms with van der Waals surface area (Å²) in [5, 5.41) is 14.7. The number of β-amino-alcohol motifs (C(OH)–C–C–N with tert-alkyl or cyclic N) is 1. The Morgan fingerprint density at radius 3 is 2.92 bits per heavy atom. The second kappa shape index (κ2) is 8.38. The summed E-state index contributed by atoms with van der Waals surface area (Å²) in [5.41, 5.74) is 0. The highest BCUT2D eigenvalue weighted by atomic mass is 16.5. The number of aliphatic hydroxyl groups excluding tert-OH is 1. The van der Waals surface area contributed by atoms with E-state index in [1.807, 2.05) is 18.5 Å². The van der Waals surface area contributed by atoms with Gasteiger partial charge in [0.1, 0.15) is 11.6 Å². The third-order valence-electron chi connectivity index (χ3n) is 4.93. The maximum absolute atomic E-state index is 10.3. The number of ether oxygens (including phenoxy) is 2. The zero-order valence-corrected chi connectivity index (χ0v) is 14.9. The van der Waals surface area contributed by atoms with Crippen LogP contribution in [0.25, 0.3) is 0 Å². The fraction of sp³-hybridized carbons (Fsp3) is 0.882. The largest absolute Gasteiger partial charge is 0.389 e. The molecule has 2 aliphatic heterocycles. The Hall–Kier alpha value is -1.02. The van der Waals surface area contributed by atoms with Crippen LogP contribution in [0.15, 0.2) is 0 Å². The molecule has 0 saturated carbocycles. The number of likely N-dealkylation sites (tertiary alicyclic amines) is 1. The molecule has 1 aromatic rings. The molecule has 0 amide bonds. The van der Waals surface area contributed by atoms with Gasteiger partial charge in [0.05, 0.1) is 32.0 Å². The fourth-order valence-corrected chi connectivity index (χ4v) is 3.71. The van der Waals surface area contributed by atoms with E-state index in [1.165, 1.54) is 6.42 Å². The summed E-state index contributed by atoms with van der Waals surface area (Å²) in [6, 6.07) is 0.414. The molecular formula is C17H30N4O3. The molecular weight excluding hydrogens is 308 g/mol. The van der Waals surface area contributed by atoms with Crippen molar-refractivity contribution in [1.82, 2.24) is 19.7 Å². The molecule has 2 saturated heterocycles. The predicted octanol–water partition coefficient (Wildman–Crippen LogP) is 0.916. The SMILES string of the molecule is Cc1nc(C)n(C[C@@H]2CCCN2C[C@@H](O)COC[C@H]2CCCO2)n1. The lowest BCUT2D eigenvalue weighted by atomic mass is 10.2. The number of aliphatic hydroxyl groups is 1. The van der Waals surface area contributed by atoms with E-state index in [-0.39, 0.29) is 6.10 Å². The number of hydrogen-bond donors (Lipinski definition) is 1. The highest BCUT2D eigenvalue weighted by molar-refractivity contribution is 4.90. The molecule has 24 heavy (non-hydrogen) atoms. The standard InChI is InChI=1S/C17H30N4O3/c1-13-18-14(2)21(19-13)9-15-5-3-7-20(15)10-16(22)11-23-12-17-6-4-8-24-17/h15-17,22H,3-12H2,1-2H3/t15-,16+,17+/m0/s1. The van der Waals surface area contributed by atoms with Crippen molar-refractivity contribution in [1.29, 1.82) is 0 Å². The van der Waals surface area contributed by atoms with E-state index >= 15 is 0 Å². The summed E-state index contributed by atoms with van der Waals surface area (Å²) in [4.78, 5) is 6.73. The molecule has 1 N–H and O–H groups in total. The van der Waals surface area contributed by atoms with Gasteiger partial charge in [-0.1, -0.05) is 0 Å². The Labute approximate surface area is 144 Å². The molecule has 2 fully saturated rings. The first-order valence-electron chi connectivity index (χ1n) is 9.11. The van der Waals surface area contributed by atoms with Crippen molar-refractivity contribution in [2.75, 3.05) is 32.9 Å². The molecule has 7 heteroatoms. The van der Waals surface area contributed by atoms with Crippen LogP contribution in [0.1, 0.15) is 37.3 Å². The number of rotatable bonds is 8. The number of nitrogens with zero attached hydrogens (tertiary/aromatic N) is 4. The van der Waals surface area contributed by atoms with E-state index in [2.05, 4.69) is 15.0 Å². The van der Waals surface area contributed by atoms with Crippen molar-refractivity contribution in [3.63, 3.8) is 0 Å². The lowest BCUT2D eigenvalue weighted by Crippen LogP contribution is -2.40. The molecule has 136 valence electrons. The zero-order valence-electron chi connectivity index (χ0n) is 14.9. The predicted molar refractivity (Wildman–Crippen MR) is 89.9 cm³/mol. The minimum atomic E-state index is -0.453. The fourth-order valence-electron chi connectivity index (χ4n) is 3.71. The average molecular weight is 338 g/mol. The van der Waals surface area contributed by atoms with E-state index in [0.29, 0.717) is 25.8 Å². The Morgan fingerprint density at radius 1 is 1.33 bits per heavy atom. The quantitative estimate of drug-likeness (QED) is 0.760. The minimum Gasteiger partial charge on any atom is -0.389 e. The molecule has 3 rings (SSSR count). The van der Waals surface area contributed by atoms with Gasteiger partial charge in [0.25, 0.3) is 0 Å². The monoisotopic (exact) mass is 338 g/mol. The Bertz CT molecular complexity index is 516. The van der Waals surface area contributed by atoms with Gasteiger partial charge in [0.15, 0.2) is 0 Å². The summed E-state index contributed by atoms with van der Waals surface area (Å²) >= 11 is 0. The Kier molecular flexibility index (Phi) is 6.21. The molecule has 3 atom stereocenters. The van der Waals surface area contributed by atoms with E-state index in [4.69, 9.17) is 9.47 Å². The van der Waals surface area contributed by atoms with Crippen molar-refractivity contribution < 1.29 is 14.6 Å². The molecule has 0 radical (unpaired) electrons. The Balaban J connectivity index is 1.42. The summed E-state index contributed by atoms with van der Waals surface area (Å²) in [6.07, 6.45) is 4.26.